The van der Waals surface area contributed by atoms with Crippen molar-refractivity contribution < 1.29 is 13.6 Å². The van der Waals surface area contributed by atoms with Crippen molar-refractivity contribution in [3.8, 4) is 0 Å². The fraction of sp³-hybridized carbons (Fsp3) is 0. The Kier molecular flexibility index (Phi) is 3.80. The molecule has 0 saturated carbocycles. The van der Waals surface area contributed by atoms with Crippen molar-refractivity contribution in [3.05, 3.63) is 58.1 Å². The molecule has 0 saturated heterocycles. The largest absolute Gasteiger partial charge is 0.399 e. The Morgan fingerprint density at radius 2 is 1.89 bits per heavy atom. The van der Waals surface area contributed by atoms with Crippen LogP contribution in [-0.2, 0) is 0 Å². The standard InChI is InChI=1S/C13H9BrF2N2O/c14-10-4-2-8(17)6-12(10)18-13(19)9-3-1-7(15)5-11(9)16/h1-6H,17H2,(H,18,19). The summed E-state index contributed by atoms with van der Waals surface area (Å²) in [5.41, 5.74) is 6.22. The van der Waals surface area contributed by atoms with Gasteiger partial charge in [-0.05, 0) is 46.3 Å². The van der Waals surface area contributed by atoms with Crippen LogP contribution in [0.2, 0.25) is 0 Å². The van der Waals surface area contributed by atoms with Crippen molar-refractivity contribution in [2.45, 2.75) is 0 Å². The van der Waals surface area contributed by atoms with Gasteiger partial charge in [-0.3, -0.25) is 4.79 Å². The molecule has 1 amide bonds. The van der Waals surface area contributed by atoms with E-state index in [1.54, 1.807) is 12.1 Å². The van der Waals surface area contributed by atoms with E-state index >= 15 is 0 Å². The number of carbonyl (C=O) groups is 1. The van der Waals surface area contributed by atoms with Crippen molar-refractivity contribution >= 4 is 33.2 Å². The first-order valence-electron chi connectivity index (χ1n) is 5.29. The highest BCUT2D eigenvalue weighted by atomic mass is 79.9. The van der Waals surface area contributed by atoms with Gasteiger partial charge in [0, 0.05) is 16.2 Å². The molecule has 0 fully saturated rings. The number of hydrogen-bond donors (Lipinski definition) is 2. The fourth-order valence-electron chi connectivity index (χ4n) is 1.50. The lowest BCUT2D eigenvalue weighted by Crippen LogP contribution is -2.14. The molecule has 2 rings (SSSR count). The van der Waals surface area contributed by atoms with E-state index < -0.39 is 17.5 Å². The highest BCUT2D eigenvalue weighted by Crippen LogP contribution is 2.25. The van der Waals surface area contributed by atoms with Crippen LogP contribution in [0.5, 0.6) is 0 Å². The first kappa shape index (κ1) is 13.5. The van der Waals surface area contributed by atoms with Crippen LogP contribution in [-0.4, -0.2) is 5.91 Å². The first-order valence-corrected chi connectivity index (χ1v) is 6.08. The monoisotopic (exact) mass is 326 g/mol. The van der Waals surface area contributed by atoms with Crippen LogP contribution < -0.4 is 11.1 Å². The summed E-state index contributed by atoms with van der Waals surface area (Å²) in [4.78, 5) is 11.9. The summed E-state index contributed by atoms with van der Waals surface area (Å²) in [5, 5.41) is 2.50. The van der Waals surface area contributed by atoms with Crippen LogP contribution in [0.3, 0.4) is 0 Å². The summed E-state index contributed by atoms with van der Waals surface area (Å²) in [6.07, 6.45) is 0. The van der Waals surface area contributed by atoms with E-state index in [0.29, 0.717) is 21.9 Å². The number of nitrogens with two attached hydrogens (primary N) is 1. The number of nitrogen functional groups attached to an aromatic ring is 1. The maximum atomic E-state index is 13.4. The number of hydrogen-bond acceptors (Lipinski definition) is 2. The van der Waals surface area contributed by atoms with E-state index in [1.165, 1.54) is 6.07 Å². The van der Waals surface area contributed by atoms with Gasteiger partial charge in [0.2, 0.25) is 0 Å². The Labute approximate surface area is 116 Å². The molecule has 3 N–H and O–H groups in total. The molecule has 3 nitrogen and oxygen atoms in total. The van der Waals surface area contributed by atoms with E-state index in [9.17, 15) is 13.6 Å². The van der Waals surface area contributed by atoms with Gasteiger partial charge in [-0.2, -0.15) is 0 Å². The van der Waals surface area contributed by atoms with E-state index in [4.69, 9.17) is 5.73 Å². The zero-order valence-corrected chi connectivity index (χ0v) is 11.2. The third kappa shape index (κ3) is 3.08. The second-order valence-electron chi connectivity index (χ2n) is 3.82. The first-order chi connectivity index (χ1) is 8.97. The number of nitrogens with one attached hydrogen (secondary N) is 1. The lowest BCUT2D eigenvalue weighted by molar-refractivity contribution is 0.102. The zero-order chi connectivity index (χ0) is 14.0. The fourth-order valence-corrected chi connectivity index (χ4v) is 1.85. The molecule has 0 bridgehead atoms. The summed E-state index contributed by atoms with van der Waals surface area (Å²) in [7, 11) is 0. The van der Waals surface area contributed by atoms with E-state index in [-0.39, 0.29) is 5.56 Å². The number of carbonyl (C=O) groups excluding carboxylic acids is 1. The zero-order valence-electron chi connectivity index (χ0n) is 9.58. The summed E-state index contributed by atoms with van der Waals surface area (Å²) in [6.45, 7) is 0. The molecule has 98 valence electrons. The van der Waals surface area contributed by atoms with Gasteiger partial charge in [-0.15, -0.1) is 0 Å². The maximum Gasteiger partial charge on any atom is 0.258 e. The topological polar surface area (TPSA) is 55.1 Å². The SMILES string of the molecule is Nc1ccc(Br)c(NC(=O)c2ccc(F)cc2F)c1. The molecule has 0 aliphatic heterocycles. The Bertz CT molecular complexity index is 647. The second kappa shape index (κ2) is 5.36. The summed E-state index contributed by atoms with van der Waals surface area (Å²) < 4.78 is 26.8. The number of amides is 1. The molecule has 0 radical (unpaired) electrons. The highest BCUT2D eigenvalue weighted by Gasteiger charge is 2.13. The average Bonchev–Trinajstić information content (AvgIpc) is 2.33. The van der Waals surface area contributed by atoms with Gasteiger partial charge in [0.1, 0.15) is 11.6 Å². The van der Waals surface area contributed by atoms with Gasteiger partial charge < -0.3 is 11.1 Å². The van der Waals surface area contributed by atoms with Crippen LogP contribution in [0.4, 0.5) is 20.2 Å². The van der Waals surface area contributed by atoms with Crippen molar-refractivity contribution in [3.63, 3.8) is 0 Å². The van der Waals surface area contributed by atoms with Gasteiger partial charge in [-0.1, -0.05) is 0 Å². The predicted octanol–water partition coefficient (Wildman–Crippen LogP) is 3.56. The van der Waals surface area contributed by atoms with Crippen molar-refractivity contribution in [1.29, 1.82) is 0 Å². The predicted molar refractivity (Wildman–Crippen MR) is 72.9 cm³/mol. The smallest absolute Gasteiger partial charge is 0.258 e. The molecule has 0 atom stereocenters. The molecule has 0 heterocycles. The van der Waals surface area contributed by atoms with E-state index in [0.717, 1.165) is 12.1 Å². The van der Waals surface area contributed by atoms with Gasteiger partial charge >= 0.3 is 0 Å². The summed E-state index contributed by atoms with van der Waals surface area (Å²) >= 11 is 3.24. The molecule has 2 aromatic carbocycles. The lowest BCUT2D eigenvalue weighted by atomic mass is 10.2. The van der Waals surface area contributed by atoms with Gasteiger partial charge in [0.15, 0.2) is 0 Å². The number of anilines is 2. The average molecular weight is 327 g/mol. The Balaban J connectivity index is 2.28. The number of rotatable bonds is 2. The van der Waals surface area contributed by atoms with Crippen molar-refractivity contribution in [2.24, 2.45) is 0 Å². The lowest BCUT2D eigenvalue weighted by Gasteiger charge is -2.09. The highest BCUT2D eigenvalue weighted by molar-refractivity contribution is 9.10. The molecule has 0 aliphatic carbocycles. The minimum Gasteiger partial charge on any atom is -0.399 e. The molecule has 0 unspecified atom stereocenters. The van der Waals surface area contributed by atoms with Crippen LogP contribution in [0.15, 0.2) is 40.9 Å². The number of benzene rings is 2. The normalized spacial score (nSPS) is 10.3. The van der Waals surface area contributed by atoms with Gasteiger partial charge in [0.25, 0.3) is 5.91 Å². The Morgan fingerprint density at radius 1 is 1.16 bits per heavy atom. The molecule has 6 heteroatoms. The van der Waals surface area contributed by atoms with Gasteiger partial charge in [0.05, 0.1) is 11.3 Å². The third-order valence-electron chi connectivity index (χ3n) is 2.41. The maximum absolute atomic E-state index is 13.4. The number of halogens is 3. The molecule has 19 heavy (non-hydrogen) atoms. The molecule has 2 aromatic rings. The van der Waals surface area contributed by atoms with E-state index in [1.807, 2.05) is 0 Å². The minimum atomic E-state index is -0.919. The van der Waals surface area contributed by atoms with Crippen LogP contribution in [0.25, 0.3) is 0 Å². The summed E-state index contributed by atoms with van der Waals surface area (Å²) in [6, 6.07) is 7.60. The molecular formula is C13H9BrF2N2O. The Morgan fingerprint density at radius 3 is 2.58 bits per heavy atom. The van der Waals surface area contributed by atoms with Crippen molar-refractivity contribution in [1.82, 2.24) is 0 Å². The van der Waals surface area contributed by atoms with Crippen LogP contribution >= 0.6 is 15.9 Å². The molecule has 0 spiro atoms. The van der Waals surface area contributed by atoms with Crippen LogP contribution in [0, 0.1) is 11.6 Å². The third-order valence-corrected chi connectivity index (χ3v) is 3.11. The van der Waals surface area contributed by atoms with Gasteiger partial charge in [-0.25, -0.2) is 8.78 Å². The Hall–Kier alpha value is -1.95. The van der Waals surface area contributed by atoms with Crippen molar-refractivity contribution in [2.75, 3.05) is 11.1 Å². The molecule has 0 aromatic heterocycles. The van der Waals surface area contributed by atoms with E-state index in [2.05, 4.69) is 21.2 Å². The minimum absolute atomic E-state index is 0.240. The van der Waals surface area contributed by atoms with Crippen LogP contribution in [0.1, 0.15) is 10.4 Å². The molecular weight excluding hydrogens is 318 g/mol. The quantitative estimate of drug-likeness (QED) is 0.829. The second-order valence-corrected chi connectivity index (χ2v) is 4.67. The summed E-state index contributed by atoms with van der Waals surface area (Å²) in [5.74, 6) is -2.33. The molecule has 0 aliphatic rings.